The van der Waals surface area contributed by atoms with E-state index < -0.39 is 9.84 Å². The van der Waals surface area contributed by atoms with Gasteiger partial charge in [-0.15, -0.1) is 0 Å². The SMILES string of the molecule is CN=C(NCC1CCS(=O)(=O)C1)NC(C)CCC(C)C. The van der Waals surface area contributed by atoms with Gasteiger partial charge in [0.05, 0.1) is 11.5 Å². The van der Waals surface area contributed by atoms with E-state index in [1.165, 1.54) is 6.42 Å². The van der Waals surface area contributed by atoms with Gasteiger partial charge in [0, 0.05) is 19.6 Å². The molecule has 1 heterocycles. The molecule has 0 aromatic carbocycles. The quantitative estimate of drug-likeness (QED) is 0.575. The summed E-state index contributed by atoms with van der Waals surface area (Å²) >= 11 is 0. The molecule has 0 aromatic rings. The number of hydrogen-bond acceptors (Lipinski definition) is 3. The molecule has 20 heavy (non-hydrogen) atoms. The number of aliphatic imine (C=N–C) groups is 1. The van der Waals surface area contributed by atoms with Gasteiger partial charge >= 0.3 is 0 Å². The summed E-state index contributed by atoms with van der Waals surface area (Å²) in [7, 11) is -1.05. The van der Waals surface area contributed by atoms with Crippen molar-refractivity contribution in [3.05, 3.63) is 0 Å². The van der Waals surface area contributed by atoms with E-state index in [1.54, 1.807) is 7.05 Å². The number of nitrogens with zero attached hydrogens (tertiary/aromatic N) is 1. The maximum absolute atomic E-state index is 11.4. The average Bonchev–Trinajstić information content (AvgIpc) is 2.71. The number of nitrogens with one attached hydrogen (secondary N) is 2. The molecular weight excluding hydrogens is 274 g/mol. The summed E-state index contributed by atoms with van der Waals surface area (Å²) in [6.45, 7) is 7.27. The molecule has 0 aromatic heterocycles. The summed E-state index contributed by atoms with van der Waals surface area (Å²) < 4.78 is 22.8. The van der Waals surface area contributed by atoms with E-state index in [0.29, 0.717) is 30.0 Å². The minimum atomic E-state index is -2.79. The predicted octanol–water partition coefficient (Wildman–Crippen LogP) is 1.41. The van der Waals surface area contributed by atoms with Crippen LogP contribution in [0.2, 0.25) is 0 Å². The molecule has 0 spiro atoms. The zero-order valence-corrected chi connectivity index (χ0v) is 14.0. The maximum atomic E-state index is 11.4. The minimum absolute atomic E-state index is 0.213. The van der Waals surface area contributed by atoms with Crippen LogP contribution >= 0.6 is 0 Å². The van der Waals surface area contributed by atoms with Gasteiger partial charge < -0.3 is 10.6 Å². The Morgan fingerprint density at radius 1 is 1.30 bits per heavy atom. The van der Waals surface area contributed by atoms with E-state index in [9.17, 15) is 8.42 Å². The molecular formula is C14H29N3O2S. The van der Waals surface area contributed by atoms with Gasteiger partial charge in [-0.2, -0.15) is 0 Å². The topological polar surface area (TPSA) is 70.6 Å². The summed E-state index contributed by atoms with van der Waals surface area (Å²) in [5.41, 5.74) is 0. The molecule has 2 N–H and O–H groups in total. The van der Waals surface area contributed by atoms with Gasteiger partial charge in [0.1, 0.15) is 0 Å². The van der Waals surface area contributed by atoms with E-state index >= 15 is 0 Å². The molecule has 5 nitrogen and oxygen atoms in total. The zero-order valence-electron chi connectivity index (χ0n) is 13.1. The van der Waals surface area contributed by atoms with Crippen molar-refractivity contribution >= 4 is 15.8 Å². The lowest BCUT2D eigenvalue weighted by Crippen LogP contribution is -2.44. The number of sulfone groups is 1. The van der Waals surface area contributed by atoms with Crippen molar-refractivity contribution in [2.24, 2.45) is 16.8 Å². The first-order valence-electron chi connectivity index (χ1n) is 7.50. The summed E-state index contributed by atoms with van der Waals surface area (Å²) in [5, 5.41) is 6.60. The predicted molar refractivity (Wildman–Crippen MR) is 84.8 cm³/mol. The monoisotopic (exact) mass is 303 g/mol. The summed E-state index contributed by atoms with van der Waals surface area (Å²) in [5.74, 6) is 2.32. The largest absolute Gasteiger partial charge is 0.356 e. The Labute approximate surface area is 123 Å². The molecule has 1 fully saturated rings. The first kappa shape index (κ1) is 17.3. The van der Waals surface area contributed by atoms with Crippen molar-refractivity contribution in [2.45, 2.75) is 46.1 Å². The second-order valence-electron chi connectivity index (χ2n) is 6.24. The van der Waals surface area contributed by atoms with Crippen LogP contribution in [0.15, 0.2) is 4.99 Å². The Morgan fingerprint density at radius 2 is 2.00 bits per heavy atom. The molecule has 0 aliphatic carbocycles. The molecule has 1 aliphatic heterocycles. The van der Waals surface area contributed by atoms with Crippen LogP contribution in [0.5, 0.6) is 0 Å². The molecule has 1 rings (SSSR count). The van der Waals surface area contributed by atoms with Gasteiger partial charge in [-0.1, -0.05) is 13.8 Å². The van der Waals surface area contributed by atoms with Crippen molar-refractivity contribution in [3.8, 4) is 0 Å². The van der Waals surface area contributed by atoms with Crippen molar-refractivity contribution in [1.82, 2.24) is 10.6 Å². The molecule has 2 atom stereocenters. The lowest BCUT2D eigenvalue weighted by Gasteiger charge is -2.19. The van der Waals surface area contributed by atoms with E-state index in [4.69, 9.17) is 0 Å². The summed E-state index contributed by atoms with van der Waals surface area (Å²) in [6, 6.07) is 0.371. The fourth-order valence-corrected chi connectivity index (χ4v) is 4.22. The van der Waals surface area contributed by atoms with E-state index in [-0.39, 0.29) is 5.92 Å². The standard InChI is InChI=1S/C14H29N3O2S/c1-11(2)5-6-12(3)17-14(15-4)16-9-13-7-8-20(18,19)10-13/h11-13H,5-10H2,1-4H3,(H2,15,16,17). The lowest BCUT2D eigenvalue weighted by molar-refractivity contribution is 0.486. The highest BCUT2D eigenvalue weighted by Crippen LogP contribution is 2.17. The molecule has 1 aliphatic rings. The summed E-state index contributed by atoms with van der Waals surface area (Å²) in [4.78, 5) is 4.20. The lowest BCUT2D eigenvalue weighted by atomic mass is 10.0. The third-order valence-electron chi connectivity index (χ3n) is 3.67. The van der Waals surface area contributed by atoms with Gasteiger partial charge in [0.2, 0.25) is 0 Å². The Bertz CT molecular complexity index is 418. The fraction of sp³-hybridized carbons (Fsp3) is 0.929. The average molecular weight is 303 g/mol. The van der Waals surface area contributed by atoms with Crippen molar-refractivity contribution < 1.29 is 8.42 Å². The van der Waals surface area contributed by atoms with Gasteiger partial charge in [-0.25, -0.2) is 8.42 Å². The molecule has 118 valence electrons. The molecule has 0 saturated carbocycles. The number of hydrogen-bond donors (Lipinski definition) is 2. The van der Waals surface area contributed by atoms with Crippen molar-refractivity contribution in [2.75, 3.05) is 25.1 Å². The zero-order chi connectivity index (χ0) is 15.2. The summed E-state index contributed by atoms with van der Waals surface area (Å²) in [6.07, 6.45) is 3.05. The highest BCUT2D eigenvalue weighted by Gasteiger charge is 2.27. The number of guanidine groups is 1. The van der Waals surface area contributed by atoms with Crippen molar-refractivity contribution in [3.63, 3.8) is 0 Å². The first-order valence-corrected chi connectivity index (χ1v) is 9.32. The van der Waals surface area contributed by atoms with Gasteiger partial charge in [0.15, 0.2) is 15.8 Å². The third kappa shape index (κ3) is 6.59. The van der Waals surface area contributed by atoms with Crippen LogP contribution in [0.4, 0.5) is 0 Å². The Kier molecular flexibility index (Phi) is 6.79. The highest BCUT2D eigenvalue weighted by atomic mass is 32.2. The van der Waals surface area contributed by atoms with Crippen LogP contribution in [0, 0.1) is 11.8 Å². The Balaban J connectivity index is 2.30. The molecule has 0 bridgehead atoms. The normalized spacial score (nSPS) is 23.9. The van der Waals surface area contributed by atoms with Gasteiger partial charge in [0.25, 0.3) is 0 Å². The van der Waals surface area contributed by atoms with Crippen molar-refractivity contribution in [1.29, 1.82) is 0 Å². The second kappa shape index (κ2) is 7.86. The van der Waals surface area contributed by atoms with Crippen LogP contribution < -0.4 is 10.6 Å². The third-order valence-corrected chi connectivity index (χ3v) is 5.51. The first-order chi connectivity index (χ1) is 9.32. The molecule has 6 heteroatoms. The minimum Gasteiger partial charge on any atom is -0.356 e. The van der Waals surface area contributed by atoms with Crippen LogP contribution in [0.25, 0.3) is 0 Å². The van der Waals surface area contributed by atoms with E-state index in [2.05, 4.69) is 36.4 Å². The van der Waals surface area contributed by atoms with Crippen LogP contribution in [-0.2, 0) is 9.84 Å². The Morgan fingerprint density at radius 3 is 2.50 bits per heavy atom. The highest BCUT2D eigenvalue weighted by molar-refractivity contribution is 7.91. The van der Waals surface area contributed by atoms with Crippen LogP contribution in [0.3, 0.4) is 0 Å². The fourth-order valence-electron chi connectivity index (χ4n) is 2.36. The van der Waals surface area contributed by atoms with Crippen LogP contribution in [-0.4, -0.2) is 45.5 Å². The smallest absolute Gasteiger partial charge is 0.191 e. The maximum Gasteiger partial charge on any atom is 0.191 e. The van der Waals surface area contributed by atoms with Gasteiger partial charge in [-0.3, -0.25) is 4.99 Å². The molecule has 0 amide bonds. The van der Waals surface area contributed by atoms with Gasteiger partial charge in [-0.05, 0) is 38.0 Å². The second-order valence-corrected chi connectivity index (χ2v) is 8.47. The molecule has 0 radical (unpaired) electrons. The number of rotatable bonds is 6. The molecule has 1 saturated heterocycles. The Hall–Kier alpha value is -0.780. The van der Waals surface area contributed by atoms with E-state index in [0.717, 1.165) is 18.8 Å². The van der Waals surface area contributed by atoms with Crippen LogP contribution in [0.1, 0.15) is 40.0 Å². The van der Waals surface area contributed by atoms with E-state index in [1.807, 2.05) is 0 Å². The molecule has 2 unspecified atom stereocenters.